The molecule has 0 aliphatic rings. The van der Waals surface area contributed by atoms with Crippen LogP contribution in [0.25, 0.3) is 0 Å². The Morgan fingerprint density at radius 2 is 2.33 bits per heavy atom. The van der Waals surface area contributed by atoms with Gasteiger partial charge >= 0.3 is 5.97 Å². The minimum atomic E-state index is -0.505. The van der Waals surface area contributed by atoms with Gasteiger partial charge in [-0.15, -0.1) is 0 Å². The average Bonchev–Trinajstić information content (AvgIpc) is 2.06. The number of carbonyl (C=O) groups excluding carboxylic acids is 1. The number of carbonyl (C=O) groups is 1. The third-order valence-electron chi connectivity index (χ3n) is 1.15. The number of halogens is 2. The fraction of sp³-hybridized carbons (Fsp3) is 0.143. The predicted molar refractivity (Wildman–Crippen MR) is 45.4 cm³/mol. The van der Waals surface area contributed by atoms with Crippen molar-refractivity contribution in [3.05, 3.63) is 29.0 Å². The first-order valence-corrected chi connectivity index (χ1v) is 4.00. The zero-order valence-corrected chi connectivity index (χ0v) is 7.47. The van der Waals surface area contributed by atoms with Crippen molar-refractivity contribution in [2.75, 3.05) is 6.07 Å². The van der Waals surface area contributed by atoms with Gasteiger partial charge in [0.2, 0.25) is 0 Å². The summed E-state index contributed by atoms with van der Waals surface area (Å²) in [6.45, 7) is 0. The van der Waals surface area contributed by atoms with Crippen molar-refractivity contribution in [3.63, 3.8) is 0 Å². The van der Waals surface area contributed by atoms with Gasteiger partial charge in [-0.25, -0.2) is 9.78 Å². The summed E-state index contributed by atoms with van der Waals surface area (Å²) >= 11 is 10.7. The zero-order valence-electron chi connectivity index (χ0n) is 5.96. The molecule has 0 amide bonds. The van der Waals surface area contributed by atoms with Crippen molar-refractivity contribution >= 4 is 29.2 Å². The molecule has 64 valence electrons. The van der Waals surface area contributed by atoms with E-state index in [1.54, 1.807) is 0 Å². The predicted octanol–water partition coefficient (Wildman–Crippen LogP) is 2.09. The van der Waals surface area contributed by atoms with E-state index >= 15 is 0 Å². The second kappa shape index (κ2) is 4.28. The molecule has 0 bridgehead atoms. The first-order valence-electron chi connectivity index (χ1n) is 3.08. The van der Waals surface area contributed by atoms with E-state index in [-0.39, 0.29) is 6.07 Å². The van der Waals surface area contributed by atoms with Crippen molar-refractivity contribution in [2.45, 2.75) is 0 Å². The monoisotopic (exact) mass is 205 g/mol. The summed E-state index contributed by atoms with van der Waals surface area (Å²) in [5.74, 6) is -0.505. The largest absolute Gasteiger partial charge is 0.446 e. The van der Waals surface area contributed by atoms with Gasteiger partial charge in [-0.05, 0) is 12.1 Å². The van der Waals surface area contributed by atoms with E-state index in [0.29, 0.717) is 10.7 Å². The zero-order chi connectivity index (χ0) is 8.97. The number of esters is 1. The van der Waals surface area contributed by atoms with E-state index in [1.165, 1.54) is 18.3 Å². The molecule has 0 radical (unpaired) electrons. The second-order valence-corrected chi connectivity index (χ2v) is 2.52. The minimum absolute atomic E-state index is 0.165. The Morgan fingerprint density at radius 1 is 1.58 bits per heavy atom. The molecule has 0 saturated carbocycles. The number of ether oxygens (including phenoxy) is 1. The molecule has 0 unspecified atom stereocenters. The lowest BCUT2D eigenvalue weighted by atomic mass is 10.3. The molecule has 0 saturated heterocycles. The molecule has 0 aliphatic heterocycles. The van der Waals surface area contributed by atoms with Gasteiger partial charge in [0.05, 0.1) is 5.56 Å². The van der Waals surface area contributed by atoms with E-state index in [9.17, 15) is 4.79 Å². The van der Waals surface area contributed by atoms with Gasteiger partial charge in [-0.1, -0.05) is 23.2 Å². The fourth-order valence-corrected chi connectivity index (χ4v) is 0.840. The standard InChI is InChI=1S/C7H5Cl2NO2/c8-4-12-7(11)5-1-2-6(9)10-3-5/h1-3H,4H2. The van der Waals surface area contributed by atoms with E-state index in [0.717, 1.165) is 0 Å². The molecule has 0 spiro atoms. The lowest BCUT2D eigenvalue weighted by molar-refractivity contribution is 0.0573. The number of hydrogen-bond acceptors (Lipinski definition) is 3. The summed E-state index contributed by atoms with van der Waals surface area (Å²) in [5.41, 5.74) is 0.333. The Morgan fingerprint density at radius 3 is 2.83 bits per heavy atom. The van der Waals surface area contributed by atoms with Crippen LogP contribution in [0.4, 0.5) is 0 Å². The Bertz CT molecular complexity index is 273. The summed E-state index contributed by atoms with van der Waals surface area (Å²) in [7, 11) is 0. The molecule has 5 heteroatoms. The lowest BCUT2D eigenvalue weighted by Crippen LogP contribution is -2.03. The van der Waals surface area contributed by atoms with Gasteiger partial charge in [-0.2, -0.15) is 0 Å². The van der Waals surface area contributed by atoms with Gasteiger partial charge in [-0.3, -0.25) is 0 Å². The molecule has 0 aromatic carbocycles. The molecular formula is C7H5Cl2NO2. The topological polar surface area (TPSA) is 39.2 Å². The summed E-state index contributed by atoms with van der Waals surface area (Å²) in [5, 5.41) is 0.331. The normalized spacial score (nSPS) is 9.50. The SMILES string of the molecule is O=C(OCCl)c1ccc(Cl)nc1. The maximum Gasteiger partial charge on any atom is 0.340 e. The molecule has 1 heterocycles. The van der Waals surface area contributed by atoms with Crippen LogP contribution in [0.1, 0.15) is 10.4 Å². The molecule has 1 rings (SSSR count). The van der Waals surface area contributed by atoms with E-state index in [1.807, 2.05) is 0 Å². The molecule has 1 aromatic rings. The quantitative estimate of drug-likeness (QED) is 0.422. The van der Waals surface area contributed by atoms with Crippen molar-refractivity contribution in [1.82, 2.24) is 4.98 Å². The summed E-state index contributed by atoms with van der Waals surface area (Å²) in [4.78, 5) is 14.7. The molecule has 3 nitrogen and oxygen atoms in total. The van der Waals surface area contributed by atoms with Crippen LogP contribution in [-0.4, -0.2) is 17.0 Å². The number of pyridine rings is 1. The first-order chi connectivity index (χ1) is 5.74. The van der Waals surface area contributed by atoms with Crippen molar-refractivity contribution in [1.29, 1.82) is 0 Å². The first kappa shape index (κ1) is 9.29. The van der Waals surface area contributed by atoms with Crippen LogP contribution in [0, 0.1) is 0 Å². The molecule has 0 aliphatic carbocycles. The van der Waals surface area contributed by atoms with Gasteiger partial charge < -0.3 is 4.74 Å². The number of rotatable bonds is 2. The van der Waals surface area contributed by atoms with Crippen LogP contribution in [0.2, 0.25) is 5.15 Å². The van der Waals surface area contributed by atoms with Crippen molar-refractivity contribution in [2.24, 2.45) is 0 Å². The highest BCUT2D eigenvalue weighted by atomic mass is 35.5. The lowest BCUT2D eigenvalue weighted by Gasteiger charge is -1.98. The van der Waals surface area contributed by atoms with Crippen LogP contribution in [0.5, 0.6) is 0 Å². The van der Waals surface area contributed by atoms with Crippen LogP contribution in [0.3, 0.4) is 0 Å². The van der Waals surface area contributed by atoms with Gasteiger partial charge in [0.25, 0.3) is 0 Å². The van der Waals surface area contributed by atoms with Gasteiger partial charge in [0, 0.05) is 6.20 Å². The highest BCUT2D eigenvalue weighted by Crippen LogP contribution is 2.06. The maximum atomic E-state index is 11.0. The summed E-state index contributed by atoms with van der Waals surface area (Å²) in [6.07, 6.45) is 1.33. The number of nitrogens with zero attached hydrogens (tertiary/aromatic N) is 1. The summed E-state index contributed by atoms with van der Waals surface area (Å²) in [6, 6.07) is 2.86. The van der Waals surface area contributed by atoms with E-state index in [2.05, 4.69) is 9.72 Å². The Labute approximate surface area is 79.3 Å². The highest BCUT2D eigenvalue weighted by molar-refractivity contribution is 6.29. The van der Waals surface area contributed by atoms with Gasteiger partial charge in [0.1, 0.15) is 5.15 Å². The molecule has 12 heavy (non-hydrogen) atoms. The van der Waals surface area contributed by atoms with Crippen LogP contribution < -0.4 is 0 Å². The smallest absolute Gasteiger partial charge is 0.340 e. The molecule has 0 fully saturated rings. The highest BCUT2D eigenvalue weighted by Gasteiger charge is 2.05. The van der Waals surface area contributed by atoms with Crippen molar-refractivity contribution in [3.8, 4) is 0 Å². The van der Waals surface area contributed by atoms with E-state index in [4.69, 9.17) is 23.2 Å². The fourth-order valence-electron chi connectivity index (χ4n) is 0.629. The second-order valence-electron chi connectivity index (χ2n) is 1.91. The Kier molecular flexibility index (Phi) is 3.31. The molecular weight excluding hydrogens is 201 g/mol. The number of aromatic nitrogens is 1. The molecule has 1 aromatic heterocycles. The number of alkyl halides is 1. The third-order valence-corrected chi connectivity index (χ3v) is 1.48. The van der Waals surface area contributed by atoms with E-state index < -0.39 is 5.97 Å². The van der Waals surface area contributed by atoms with Gasteiger partial charge in [0.15, 0.2) is 6.07 Å². The molecule has 0 N–H and O–H groups in total. The maximum absolute atomic E-state index is 11.0. The Balaban J connectivity index is 2.75. The average molecular weight is 206 g/mol. The minimum Gasteiger partial charge on any atom is -0.446 e. The summed E-state index contributed by atoms with van der Waals surface area (Å²) < 4.78 is 4.51. The third kappa shape index (κ3) is 2.36. The van der Waals surface area contributed by atoms with Crippen LogP contribution in [0.15, 0.2) is 18.3 Å². The van der Waals surface area contributed by atoms with Crippen LogP contribution in [-0.2, 0) is 4.74 Å². The Hall–Kier alpha value is -0.800. The number of hydrogen-bond donors (Lipinski definition) is 0. The molecule has 0 atom stereocenters. The van der Waals surface area contributed by atoms with Crippen LogP contribution >= 0.6 is 23.2 Å². The van der Waals surface area contributed by atoms with Crippen molar-refractivity contribution < 1.29 is 9.53 Å².